The molecular weight excluding hydrogens is 208 g/mol. The standard InChI is InChI=1S/C10H20N4O2/c1-10(2,3)12-9-14-13-8(16-9)7-11-5-6-15-4/h11H,5-7H2,1-4H3,(H,12,14). The third-order valence-electron chi connectivity index (χ3n) is 1.71. The number of ether oxygens (including phenoxy) is 1. The van der Waals surface area contributed by atoms with E-state index in [4.69, 9.17) is 9.15 Å². The Morgan fingerprint density at radius 2 is 2.06 bits per heavy atom. The van der Waals surface area contributed by atoms with Gasteiger partial charge in [-0.15, -0.1) is 5.10 Å². The molecule has 6 heteroatoms. The second kappa shape index (κ2) is 5.81. The lowest BCUT2D eigenvalue weighted by Crippen LogP contribution is -2.26. The summed E-state index contributed by atoms with van der Waals surface area (Å²) in [6.45, 7) is 8.10. The second-order valence-electron chi connectivity index (χ2n) is 4.55. The molecule has 0 fully saturated rings. The van der Waals surface area contributed by atoms with E-state index in [9.17, 15) is 0 Å². The SMILES string of the molecule is COCCNCc1nnc(NC(C)(C)C)o1. The normalized spacial score (nSPS) is 11.8. The molecule has 0 aliphatic heterocycles. The highest BCUT2D eigenvalue weighted by Crippen LogP contribution is 2.12. The molecule has 0 atom stereocenters. The molecule has 16 heavy (non-hydrogen) atoms. The van der Waals surface area contributed by atoms with Crippen LogP contribution in [0.2, 0.25) is 0 Å². The maximum absolute atomic E-state index is 5.40. The third kappa shape index (κ3) is 5.09. The fraction of sp³-hybridized carbons (Fsp3) is 0.800. The van der Waals surface area contributed by atoms with Crippen molar-refractivity contribution in [3.63, 3.8) is 0 Å². The van der Waals surface area contributed by atoms with Crippen molar-refractivity contribution in [3.8, 4) is 0 Å². The monoisotopic (exact) mass is 228 g/mol. The molecule has 6 nitrogen and oxygen atoms in total. The number of hydrogen-bond acceptors (Lipinski definition) is 6. The van der Waals surface area contributed by atoms with E-state index in [0.29, 0.717) is 25.1 Å². The summed E-state index contributed by atoms with van der Waals surface area (Å²) in [5.41, 5.74) is -0.0761. The molecule has 0 radical (unpaired) electrons. The van der Waals surface area contributed by atoms with Crippen LogP contribution in [0.4, 0.5) is 6.01 Å². The van der Waals surface area contributed by atoms with Crippen molar-refractivity contribution in [2.75, 3.05) is 25.6 Å². The maximum atomic E-state index is 5.40. The van der Waals surface area contributed by atoms with E-state index in [1.165, 1.54) is 0 Å². The summed E-state index contributed by atoms with van der Waals surface area (Å²) >= 11 is 0. The van der Waals surface area contributed by atoms with Gasteiger partial charge < -0.3 is 19.8 Å². The molecule has 1 aromatic rings. The summed E-state index contributed by atoms with van der Waals surface area (Å²) in [6.07, 6.45) is 0. The molecule has 1 aromatic heterocycles. The van der Waals surface area contributed by atoms with Gasteiger partial charge in [-0.25, -0.2) is 0 Å². The average molecular weight is 228 g/mol. The smallest absolute Gasteiger partial charge is 0.315 e. The molecule has 0 unspecified atom stereocenters. The van der Waals surface area contributed by atoms with Crippen LogP contribution in [-0.2, 0) is 11.3 Å². The summed E-state index contributed by atoms with van der Waals surface area (Å²) < 4.78 is 10.3. The highest BCUT2D eigenvalue weighted by atomic mass is 16.5. The number of methoxy groups -OCH3 is 1. The van der Waals surface area contributed by atoms with Crippen molar-refractivity contribution in [1.82, 2.24) is 15.5 Å². The molecule has 0 saturated carbocycles. The number of nitrogens with one attached hydrogen (secondary N) is 2. The van der Waals surface area contributed by atoms with E-state index < -0.39 is 0 Å². The Kier molecular flexibility index (Phi) is 4.70. The summed E-state index contributed by atoms with van der Waals surface area (Å²) in [5, 5.41) is 14.1. The Balaban J connectivity index is 2.34. The van der Waals surface area contributed by atoms with Crippen molar-refractivity contribution in [3.05, 3.63) is 5.89 Å². The average Bonchev–Trinajstić information content (AvgIpc) is 2.58. The van der Waals surface area contributed by atoms with Gasteiger partial charge in [-0.3, -0.25) is 0 Å². The van der Waals surface area contributed by atoms with Crippen molar-refractivity contribution in [2.45, 2.75) is 32.9 Å². The zero-order valence-electron chi connectivity index (χ0n) is 10.3. The lowest BCUT2D eigenvalue weighted by Gasteiger charge is -2.17. The molecule has 1 heterocycles. The van der Waals surface area contributed by atoms with E-state index in [1.807, 2.05) is 20.8 Å². The van der Waals surface area contributed by atoms with Gasteiger partial charge in [0, 0.05) is 19.2 Å². The third-order valence-corrected chi connectivity index (χ3v) is 1.71. The molecular formula is C10H20N4O2. The minimum absolute atomic E-state index is 0.0761. The van der Waals surface area contributed by atoms with E-state index in [1.54, 1.807) is 7.11 Å². The van der Waals surface area contributed by atoms with Gasteiger partial charge in [-0.1, -0.05) is 5.10 Å². The molecule has 0 aliphatic rings. The molecule has 0 bridgehead atoms. The van der Waals surface area contributed by atoms with Gasteiger partial charge in [-0.05, 0) is 20.8 Å². The molecule has 0 amide bonds. The molecule has 0 aromatic carbocycles. The Hall–Kier alpha value is -1.14. The Labute approximate surface area is 95.8 Å². The molecule has 0 saturated heterocycles. The van der Waals surface area contributed by atoms with Crippen LogP contribution in [0, 0.1) is 0 Å². The van der Waals surface area contributed by atoms with Crippen LogP contribution in [-0.4, -0.2) is 36.0 Å². The van der Waals surface area contributed by atoms with Crippen LogP contribution in [0.1, 0.15) is 26.7 Å². The fourth-order valence-electron chi connectivity index (χ4n) is 1.07. The zero-order chi connectivity index (χ0) is 12.0. The molecule has 0 aliphatic carbocycles. The van der Waals surface area contributed by atoms with Gasteiger partial charge in [0.05, 0.1) is 13.2 Å². The number of rotatable bonds is 6. The quantitative estimate of drug-likeness (QED) is 0.708. The van der Waals surface area contributed by atoms with E-state index in [0.717, 1.165) is 6.54 Å². The number of hydrogen-bond donors (Lipinski definition) is 2. The first-order valence-electron chi connectivity index (χ1n) is 5.31. The Morgan fingerprint density at radius 1 is 1.31 bits per heavy atom. The highest BCUT2D eigenvalue weighted by molar-refractivity contribution is 5.21. The van der Waals surface area contributed by atoms with Crippen molar-refractivity contribution < 1.29 is 9.15 Å². The van der Waals surface area contributed by atoms with E-state index in [2.05, 4.69) is 20.8 Å². The summed E-state index contributed by atoms with van der Waals surface area (Å²) in [6, 6.07) is 0.455. The highest BCUT2D eigenvalue weighted by Gasteiger charge is 2.13. The second-order valence-corrected chi connectivity index (χ2v) is 4.55. The first kappa shape index (κ1) is 12.9. The van der Waals surface area contributed by atoms with Crippen molar-refractivity contribution in [1.29, 1.82) is 0 Å². The molecule has 2 N–H and O–H groups in total. The van der Waals surface area contributed by atoms with Gasteiger partial charge in [0.2, 0.25) is 5.89 Å². The largest absolute Gasteiger partial charge is 0.407 e. The minimum atomic E-state index is -0.0761. The topological polar surface area (TPSA) is 72.2 Å². The molecule has 92 valence electrons. The van der Waals surface area contributed by atoms with Crippen molar-refractivity contribution in [2.24, 2.45) is 0 Å². The Bertz CT molecular complexity index is 306. The van der Waals surface area contributed by atoms with Gasteiger partial charge in [0.15, 0.2) is 0 Å². The zero-order valence-corrected chi connectivity index (χ0v) is 10.3. The van der Waals surface area contributed by atoms with Crippen LogP contribution in [0.15, 0.2) is 4.42 Å². The van der Waals surface area contributed by atoms with E-state index in [-0.39, 0.29) is 5.54 Å². The number of anilines is 1. The summed E-state index contributed by atoms with van der Waals surface area (Å²) in [7, 11) is 1.67. The summed E-state index contributed by atoms with van der Waals surface area (Å²) in [4.78, 5) is 0. The molecule has 1 rings (SSSR count). The van der Waals surface area contributed by atoms with Crippen LogP contribution >= 0.6 is 0 Å². The van der Waals surface area contributed by atoms with Crippen LogP contribution in [0.3, 0.4) is 0 Å². The van der Waals surface area contributed by atoms with Gasteiger partial charge in [0.1, 0.15) is 0 Å². The van der Waals surface area contributed by atoms with Crippen LogP contribution in [0.25, 0.3) is 0 Å². The number of nitrogens with zero attached hydrogens (tertiary/aromatic N) is 2. The fourth-order valence-corrected chi connectivity index (χ4v) is 1.07. The first-order valence-corrected chi connectivity index (χ1v) is 5.31. The lowest BCUT2D eigenvalue weighted by atomic mass is 10.1. The lowest BCUT2D eigenvalue weighted by molar-refractivity contribution is 0.198. The Morgan fingerprint density at radius 3 is 2.69 bits per heavy atom. The first-order chi connectivity index (χ1) is 7.51. The minimum Gasteiger partial charge on any atom is -0.407 e. The van der Waals surface area contributed by atoms with Gasteiger partial charge in [-0.2, -0.15) is 0 Å². The van der Waals surface area contributed by atoms with Crippen molar-refractivity contribution >= 4 is 6.01 Å². The van der Waals surface area contributed by atoms with Gasteiger partial charge >= 0.3 is 6.01 Å². The van der Waals surface area contributed by atoms with Gasteiger partial charge in [0.25, 0.3) is 0 Å². The van der Waals surface area contributed by atoms with Crippen LogP contribution < -0.4 is 10.6 Å². The predicted octanol–water partition coefficient (Wildman–Crippen LogP) is 1.02. The predicted molar refractivity (Wildman–Crippen MR) is 61.3 cm³/mol. The van der Waals surface area contributed by atoms with E-state index >= 15 is 0 Å². The maximum Gasteiger partial charge on any atom is 0.315 e. The van der Waals surface area contributed by atoms with Crippen LogP contribution in [0.5, 0.6) is 0 Å². The summed E-state index contributed by atoms with van der Waals surface area (Å²) in [5.74, 6) is 0.572. The molecule has 0 spiro atoms. The number of aromatic nitrogens is 2.